The lowest BCUT2D eigenvalue weighted by Gasteiger charge is -2.09. The van der Waals surface area contributed by atoms with Crippen molar-refractivity contribution < 1.29 is 4.79 Å². The molecule has 1 N–H and O–H groups in total. The summed E-state index contributed by atoms with van der Waals surface area (Å²) < 4.78 is 3.51. The molecule has 31 heavy (non-hydrogen) atoms. The predicted octanol–water partition coefficient (Wildman–Crippen LogP) is 3.93. The molecule has 0 spiro atoms. The van der Waals surface area contributed by atoms with E-state index in [1.807, 2.05) is 49.7 Å². The first-order chi connectivity index (χ1) is 14.8. The molecular weight excluding hydrogens is 390 g/mol. The summed E-state index contributed by atoms with van der Waals surface area (Å²) in [6.45, 7) is 10.1. The second kappa shape index (κ2) is 8.29. The van der Waals surface area contributed by atoms with E-state index in [1.165, 1.54) is 5.56 Å². The van der Waals surface area contributed by atoms with Gasteiger partial charge >= 0.3 is 0 Å². The Labute approximate surface area is 181 Å². The van der Waals surface area contributed by atoms with E-state index in [-0.39, 0.29) is 5.91 Å². The Morgan fingerprint density at radius 2 is 1.74 bits per heavy atom. The highest BCUT2D eigenvalue weighted by Crippen LogP contribution is 2.20. The molecule has 0 unspecified atom stereocenters. The molecule has 4 aromatic rings. The summed E-state index contributed by atoms with van der Waals surface area (Å²) in [4.78, 5) is 12.5. The van der Waals surface area contributed by atoms with Crippen LogP contribution < -0.4 is 5.32 Å². The topological polar surface area (TPSA) is 90.0 Å². The first-order valence-electron chi connectivity index (χ1n) is 10.5. The molecule has 1 aromatic carbocycles. The number of fused-ring (bicyclic) bond motifs is 1. The number of carbonyl (C=O) groups is 1. The SMILES string of the molecule is Cc1nn(-c2ccc3nnc(C)n3n2)c(C)c1CCC(=O)Nc1ccc(C(C)C)cc1. The van der Waals surface area contributed by atoms with E-state index in [0.29, 0.717) is 30.2 Å². The van der Waals surface area contributed by atoms with Crippen LogP contribution in [0.5, 0.6) is 0 Å². The van der Waals surface area contributed by atoms with E-state index in [1.54, 1.807) is 4.52 Å². The predicted molar refractivity (Wildman–Crippen MR) is 120 cm³/mol. The minimum atomic E-state index is -0.0106. The molecule has 4 rings (SSSR count). The summed E-state index contributed by atoms with van der Waals surface area (Å²) in [5.41, 5.74) is 5.71. The lowest BCUT2D eigenvalue weighted by molar-refractivity contribution is -0.116. The lowest BCUT2D eigenvalue weighted by Crippen LogP contribution is -2.13. The fourth-order valence-electron chi connectivity index (χ4n) is 3.67. The molecule has 0 atom stereocenters. The van der Waals surface area contributed by atoms with E-state index < -0.39 is 0 Å². The molecule has 0 radical (unpaired) electrons. The maximum atomic E-state index is 12.5. The van der Waals surface area contributed by atoms with Crippen LogP contribution in [0.2, 0.25) is 0 Å². The Morgan fingerprint density at radius 3 is 2.45 bits per heavy atom. The number of nitrogens with zero attached hydrogens (tertiary/aromatic N) is 6. The van der Waals surface area contributed by atoms with Crippen molar-refractivity contribution >= 4 is 17.2 Å². The van der Waals surface area contributed by atoms with Crippen LogP contribution in [0.15, 0.2) is 36.4 Å². The largest absolute Gasteiger partial charge is 0.326 e. The van der Waals surface area contributed by atoms with Gasteiger partial charge in [0.2, 0.25) is 5.91 Å². The van der Waals surface area contributed by atoms with E-state index in [4.69, 9.17) is 0 Å². The van der Waals surface area contributed by atoms with Gasteiger partial charge in [-0.05, 0) is 68.5 Å². The molecule has 1 amide bonds. The van der Waals surface area contributed by atoms with E-state index >= 15 is 0 Å². The first-order valence-corrected chi connectivity index (χ1v) is 10.5. The summed E-state index contributed by atoms with van der Waals surface area (Å²) in [5, 5.41) is 20.4. The number of anilines is 1. The maximum absolute atomic E-state index is 12.5. The van der Waals surface area contributed by atoms with Crippen molar-refractivity contribution in [3.8, 4) is 5.82 Å². The van der Waals surface area contributed by atoms with Crippen molar-refractivity contribution in [3.63, 3.8) is 0 Å². The number of nitrogens with one attached hydrogen (secondary N) is 1. The van der Waals surface area contributed by atoms with Crippen molar-refractivity contribution in [2.75, 3.05) is 5.32 Å². The molecule has 0 saturated carbocycles. The molecule has 160 valence electrons. The third-order valence-electron chi connectivity index (χ3n) is 5.53. The monoisotopic (exact) mass is 417 g/mol. The minimum Gasteiger partial charge on any atom is -0.326 e. The molecule has 0 aliphatic rings. The number of aryl methyl sites for hydroxylation is 2. The quantitative estimate of drug-likeness (QED) is 0.513. The van der Waals surface area contributed by atoms with Crippen molar-refractivity contribution in [3.05, 3.63) is 64.7 Å². The summed E-state index contributed by atoms with van der Waals surface area (Å²) in [6, 6.07) is 11.8. The normalized spacial score (nSPS) is 11.4. The van der Waals surface area contributed by atoms with Crippen LogP contribution in [0, 0.1) is 20.8 Å². The number of hydrogen-bond acceptors (Lipinski definition) is 5. The van der Waals surface area contributed by atoms with Crippen molar-refractivity contribution in [1.82, 2.24) is 29.6 Å². The van der Waals surface area contributed by atoms with Gasteiger partial charge in [0, 0.05) is 17.8 Å². The number of benzene rings is 1. The number of aromatic nitrogens is 6. The minimum absolute atomic E-state index is 0.0106. The van der Waals surface area contributed by atoms with E-state index in [0.717, 1.165) is 28.5 Å². The van der Waals surface area contributed by atoms with Crippen LogP contribution in [-0.4, -0.2) is 35.5 Å². The molecule has 3 heterocycles. The van der Waals surface area contributed by atoms with Crippen LogP contribution in [0.3, 0.4) is 0 Å². The first kappa shape index (κ1) is 20.7. The fourth-order valence-corrected chi connectivity index (χ4v) is 3.67. The molecule has 0 saturated heterocycles. The van der Waals surface area contributed by atoms with Gasteiger partial charge in [-0.1, -0.05) is 26.0 Å². The zero-order valence-corrected chi connectivity index (χ0v) is 18.5. The molecule has 0 fully saturated rings. The van der Waals surface area contributed by atoms with Gasteiger partial charge in [-0.15, -0.1) is 15.3 Å². The average molecular weight is 418 g/mol. The molecule has 0 aliphatic carbocycles. The van der Waals surface area contributed by atoms with Gasteiger partial charge < -0.3 is 5.32 Å². The number of rotatable bonds is 6. The zero-order valence-electron chi connectivity index (χ0n) is 18.5. The summed E-state index contributed by atoms with van der Waals surface area (Å²) in [6.07, 6.45) is 0.998. The number of amides is 1. The van der Waals surface area contributed by atoms with Crippen LogP contribution in [-0.2, 0) is 11.2 Å². The maximum Gasteiger partial charge on any atom is 0.224 e. The van der Waals surface area contributed by atoms with Gasteiger partial charge in [0.05, 0.1) is 5.69 Å². The molecule has 8 nitrogen and oxygen atoms in total. The van der Waals surface area contributed by atoms with Crippen molar-refractivity contribution in [1.29, 1.82) is 0 Å². The van der Waals surface area contributed by atoms with Gasteiger partial charge in [-0.3, -0.25) is 4.79 Å². The Bertz CT molecular complexity index is 1240. The second-order valence-corrected chi connectivity index (χ2v) is 8.09. The smallest absolute Gasteiger partial charge is 0.224 e. The van der Waals surface area contributed by atoms with Gasteiger partial charge in [0.25, 0.3) is 0 Å². The van der Waals surface area contributed by atoms with Gasteiger partial charge in [0.1, 0.15) is 0 Å². The standard InChI is InChI=1S/C23H27N7O/c1-14(2)18-6-8-19(9-7-18)24-23(31)13-10-20-15(3)27-29(16(20)4)22-12-11-21-26-25-17(5)30(21)28-22/h6-9,11-12,14H,10,13H2,1-5H3,(H,24,31). The average Bonchev–Trinajstić information content (AvgIpc) is 3.25. The van der Waals surface area contributed by atoms with Crippen LogP contribution >= 0.6 is 0 Å². The van der Waals surface area contributed by atoms with E-state index in [2.05, 4.69) is 51.7 Å². The van der Waals surface area contributed by atoms with Gasteiger partial charge in [0.15, 0.2) is 17.3 Å². The summed E-state index contributed by atoms with van der Waals surface area (Å²) in [5.74, 6) is 1.87. The van der Waals surface area contributed by atoms with Crippen LogP contribution in [0.1, 0.15) is 54.5 Å². The molecule has 8 heteroatoms. The van der Waals surface area contributed by atoms with E-state index in [9.17, 15) is 4.79 Å². The lowest BCUT2D eigenvalue weighted by atomic mass is 10.0. The highest BCUT2D eigenvalue weighted by molar-refractivity contribution is 5.90. The van der Waals surface area contributed by atoms with Crippen LogP contribution in [0.25, 0.3) is 11.5 Å². The number of carbonyl (C=O) groups excluding carboxylic acids is 1. The molecular formula is C23H27N7O. The molecule has 0 aliphatic heterocycles. The van der Waals surface area contributed by atoms with Crippen molar-refractivity contribution in [2.24, 2.45) is 0 Å². The van der Waals surface area contributed by atoms with Gasteiger partial charge in [-0.2, -0.15) is 9.61 Å². The fraction of sp³-hybridized carbons (Fsp3) is 0.348. The second-order valence-electron chi connectivity index (χ2n) is 8.09. The Morgan fingerprint density at radius 1 is 1.00 bits per heavy atom. The van der Waals surface area contributed by atoms with Crippen molar-refractivity contribution in [2.45, 2.75) is 53.4 Å². The number of hydrogen-bond donors (Lipinski definition) is 1. The molecule has 0 bridgehead atoms. The van der Waals surface area contributed by atoms with Gasteiger partial charge in [-0.25, -0.2) is 4.68 Å². The summed E-state index contributed by atoms with van der Waals surface area (Å²) >= 11 is 0. The Hall–Kier alpha value is -3.55. The Kier molecular flexibility index (Phi) is 5.54. The molecule has 3 aromatic heterocycles. The zero-order chi connectivity index (χ0) is 22.1. The third-order valence-corrected chi connectivity index (χ3v) is 5.53. The Balaban J connectivity index is 1.47. The highest BCUT2D eigenvalue weighted by atomic mass is 16.1. The summed E-state index contributed by atoms with van der Waals surface area (Å²) in [7, 11) is 0. The third kappa shape index (κ3) is 4.19. The highest BCUT2D eigenvalue weighted by Gasteiger charge is 2.16. The van der Waals surface area contributed by atoms with Crippen LogP contribution in [0.4, 0.5) is 5.69 Å².